The molecule has 0 fully saturated rings. The van der Waals surface area contributed by atoms with Crippen molar-refractivity contribution in [2.75, 3.05) is 6.54 Å². The molecule has 0 spiro atoms. The van der Waals surface area contributed by atoms with Gasteiger partial charge in [-0.25, -0.2) is 0 Å². The molecule has 1 atom stereocenters. The molecule has 1 N–H and O–H groups in total. The molecule has 0 aromatic heterocycles. The molecule has 0 bridgehead atoms. The number of aryl methyl sites for hydroxylation is 3. The Hall–Kier alpha value is -0.640. The van der Waals surface area contributed by atoms with Crippen molar-refractivity contribution in [2.24, 2.45) is 0 Å². The van der Waals surface area contributed by atoms with Crippen LogP contribution in [0.5, 0.6) is 0 Å². The monoisotopic (exact) mass is 409 g/mol. The molecular weight excluding hydrogens is 390 g/mol. The fraction of sp³-hybridized carbons (Fsp3) is 0.333. The maximum Gasteiger partial charge on any atom is 0.0581 e. The van der Waals surface area contributed by atoms with E-state index in [0.717, 1.165) is 11.0 Å². The van der Waals surface area contributed by atoms with Crippen LogP contribution in [0.4, 0.5) is 0 Å². The van der Waals surface area contributed by atoms with Crippen LogP contribution in [0.2, 0.25) is 0 Å². The summed E-state index contributed by atoms with van der Waals surface area (Å²) in [5.41, 5.74) is 6.57. The summed E-state index contributed by atoms with van der Waals surface area (Å²) in [6.45, 7) is 9.59. The van der Waals surface area contributed by atoms with Gasteiger partial charge in [-0.3, -0.25) is 0 Å². The van der Waals surface area contributed by atoms with Gasteiger partial charge in [-0.15, -0.1) is 0 Å². The summed E-state index contributed by atoms with van der Waals surface area (Å²) in [5, 5.41) is 3.63. The van der Waals surface area contributed by atoms with E-state index in [0.29, 0.717) is 0 Å². The van der Waals surface area contributed by atoms with Crippen LogP contribution in [0.15, 0.2) is 39.3 Å². The molecule has 2 rings (SSSR count). The normalized spacial score (nSPS) is 12.5. The van der Waals surface area contributed by atoms with Gasteiger partial charge in [0.1, 0.15) is 0 Å². The van der Waals surface area contributed by atoms with Crippen molar-refractivity contribution < 1.29 is 0 Å². The van der Waals surface area contributed by atoms with E-state index >= 15 is 0 Å². The molecule has 112 valence electrons. The van der Waals surface area contributed by atoms with Crippen molar-refractivity contribution in [3.8, 4) is 0 Å². The third-order valence-electron chi connectivity index (χ3n) is 3.81. The molecule has 0 radical (unpaired) electrons. The summed E-state index contributed by atoms with van der Waals surface area (Å²) < 4.78 is 2.30. The van der Waals surface area contributed by atoms with Crippen LogP contribution >= 0.6 is 31.9 Å². The van der Waals surface area contributed by atoms with E-state index in [1.807, 2.05) is 0 Å². The average Bonchev–Trinajstić information content (AvgIpc) is 2.41. The average molecular weight is 411 g/mol. The van der Waals surface area contributed by atoms with Crippen LogP contribution < -0.4 is 5.32 Å². The molecule has 0 saturated carbocycles. The van der Waals surface area contributed by atoms with Crippen LogP contribution in [0.3, 0.4) is 0 Å². The molecular formula is C18H21Br2N. The number of hydrogen-bond acceptors (Lipinski definition) is 1. The summed E-state index contributed by atoms with van der Waals surface area (Å²) >= 11 is 7.17. The zero-order chi connectivity index (χ0) is 15.6. The van der Waals surface area contributed by atoms with E-state index in [2.05, 4.69) is 95.2 Å². The molecule has 21 heavy (non-hydrogen) atoms. The zero-order valence-corrected chi connectivity index (χ0v) is 16.1. The van der Waals surface area contributed by atoms with E-state index in [4.69, 9.17) is 0 Å². The highest BCUT2D eigenvalue weighted by molar-refractivity contribution is 9.10. The summed E-state index contributed by atoms with van der Waals surface area (Å²) in [7, 11) is 0. The Bertz CT molecular complexity index is 650. The number of hydrogen-bond donors (Lipinski definition) is 1. The van der Waals surface area contributed by atoms with E-state index in [-0.39, 0.29) is 6.04 Å². The van der Waals surface area contributed by atoms with Crippen molar-refractivity contribution in [1.82, 2.24) is 5.32 Å². The van der Waals surface area contributed by atoms with Gasteiger partial charge in [0, 0.05) is 8.95 Å². The quantitative estimate of drug-likeness (QED) is 0.667. The van der Waals surface area contributed by atoms with Crippen LogP contribution in [0, 0.1) is 20.8 Å². The smallest absolute Gasteiger partial charge is 0.0581 e. The highest BCUT2D eigenvalue weighted by Gasteiger charge is 2.18. The summed E-state index contributed by atoms with van der Waals surface area (Å²) in [6, 6.07) is 11.2. The largest absolute Gasteiger partial charge is 0.307 e. The molecule has 0 heterocycles. The lowest BCUT2D eigenvalue weighted by molar-refractivity contribution is 0.624. The SMILES string of the molecule is CCNC(c1ccc(Br)cc1C)c1cc(C)c(Br)cc1C. The molecule has 1 nitrogen and oxygen atoms in total. The molecule has 2 aromatic carbocycles. The Kier molecular flexibility index (Phi) is 5.64. The van der Waals surface area contributed by atoms with Gasteiger partial charge in [-0.2, -0.15) is 0 Å². The Morgan fingerprint density at radius 1 is 0.905 bits per heavy atom. The molecule has 2 aromatic rings. The summed E-state index contributed by atoms with van der Waals surface area (Å²) in [6.07, 6.45) is 0. The predicted molar refractivity (Wildman–Crippen MR) is 98.0 cm³/mol. The second-order valence-electron chi connectivity index (χ2n) is 5.45. The van der Waals surface area contributed by atoms with Crippen molar-refractivity contribution in [2.45, 2.75) is 33.7 Å². The van der Waals surface area contributed by atoms with Crippen molar-refractivity contribution in [1.29, 1.82) is 0 Å². The Morgan fingerprint density at radius 3 is 2.19 bits per heavy atom. The van der Waals surface area contributed by atoms with Gasteiger partial charge in [0.2, 0.25) is 0 Å². The standard InChI is InChI=1S/C18H21Br2N/c1-5-21-18(15-7-6-14(19)8-11(15)2)16-9-13(4)17(20)10-12(16)3/h6-10,18,21H,5H2,1-4H3. The fourth-order valence-corrected chi connectivity index (χ4v) is 3.60. The van der Waals surface area contributed by atoms with Crippen molar-refractivity contribution >= 4 is 31.9 Å². The fourth-order valence-electron chi connectivity index (χ4n) is 2.67. The molecule has 1 unspecified atom stereocenters. The van der Waals surface area contributed by atoms with Crippen molar-refractivity contribution in [3.63, 3.8) is 0 Å². The molecule has 3 heteroatoms. The Balaban J connectivity index is 2.55. The summed E-state index contributed by atoms with van der Waals surface area (Å²) in [5.74, 6) is 0. The number of benzene rings is 2. The van der Waals surface area contributed by atoms with Gasteiger partial charge >= 0.3 is 0 Å². The predicted octanol–water partition coefficient (Wildman–Crippen LogP) is 5.84. The molecule has 0 aliphatic carbocycles. The second-order valence-corrected chi connectivity index (χ2v) is 7.22. The lowest BCUT2D eigenvalue weighted by Crippen LogP contribution is -2.23. The molecule has 0 aliphatic rings. The molecule has 0 amide bonds. The highest BCUT2D eigenvalue weighted by Crippen LogP contribution is 2.31. The van der Waals surface area contributed by atoms with E-state index in [1.165, 1.54) is 32.3 Å². The Morgan fingerprint density at radius 2 is 1.57 bits per heavy atom. The zero-order valence-electron chi connectivity index (χ0n) is 12.9. The first-order valence-corrected chi connectivity index (χ1v) is 8.78. The lowest BCUT2D eigenvalue weighted by Gasteiger charge is -2.24. The van der Waals surface area contributed by atoms with Gasteiger partial charge in [-0.05, 0) is 73.3 Å². The van der Waals surface area contributed by atoms with Gasteiger partial charge in [0.25, 0.3) is 0 Å². The topological polar surface area (TPSA) is 12.0 Å². The maximum absolute atomic E-state index is 3.63. The van der Waals surface area contributed by atoms with Crippen molar-refractivity contribution in [3.05, 3.63) is 67.1 Å². The minimum Gasteiger partial charge on any atom is -0.307 e. The lowest BCUT2D eigenvalue weighted by atomic mass is 9.91. The number of rotatable bonds is 4. The van der Waals surface area contributed by atoms with E-state index in [9.17, 15) is 0 Å². The first-order chi connectivity index (χ1) is 9.93. The number of nitrogens with one attached hydrogen (secondary N) is 1. The van der Waals surface area contributed by atoms with Gasteiger partial charge in [0.05, 0.1) is 6.04 Å². The first-order valence-electron chi connectivity index (χ1n) is 7.20. The first kappa shape index (κ1) is 16.7. The van der Waals surface area contributed by atoms with Gasteiger partial charge in [-0.1, -0.05) is 50.9 Å². The summed E-state index contributed by atoms with van der Waals surface area (Å²) in [4.78, 5) is 0. The van der Waals surface area contributed by atoms with E-state index in [1.54, 1.807) is 0 Å². The minimum absolute atomic E-state index is 0.231. The minimum atomic E-state index is 0.231. The molecule has 0 aliphatic heterocycles. The Labute approximate surface area is 144 Å². The second kappa shape index (κ2) is 7.08. The van der Waals surface area contributed by atoms with Crippen LogP contribution in [-0.4, -0.2) is 6.54 Å². The van der Waals surface area contributed by atoms with Crippen LogP contribution in [-0.2, 0) is 0 Å². The van der Waals surface area contributed by atoms with Crippen LogP contribution in [0.1, 0.15) is 40.8 Å². The van der Waals surface area contributed by atoms with Crippen LogP contribution in [0.25, 0.3) is 0 Å². The maximum atomic E-state index is 3.63. The molecule has 0 saturated heterocycles. The number of halogens is 2. The van der Waals surface area contributed by atoms with Gasteiger partial charge in [0.15, 0.2) is 0 Å². The third-order valence-corrected chi connectivity index (χ3v) is 5.16. The highest BCUT2D eigenvalue weighted by atomic mass is 79.9. The van der Waals surface area contributed by atoms with E-state index < -0.39 is 0 Å². The van der Waals surface area contributed by atoms with Gasteiger partial charge < -0.3 is 5.32 Å². The third kappa shape index (κ3) is 3.77.